The number of hydrogen-bond acceptors (Lipinski definition) is 3. The van der Waals surface area contributed by atoms with Gasteiger partial charge in [-0.1, -0.05) is 31.4 Å². The quantitative estimate of drug-likeness (QED) is 0.816. The molecule has 0 aliphatic heterocycles. The van der Waals surface area contributed by atoms with Gasteiger partial charge in [-0.05, 0) is 39.2 Å². The number of nitrogens with one attached hydrogen (secondary N) is 1. The summed E-state index contributed by atoms with van der Waals surface area (Å²) in [5.41, 5.74) is 1.58. The molecular weight excluding hydrogens is 240 g/mol. The Morgan fingerprint density at radius 2 is 2.17 bits per heavy atom. The molecule has 0 aromatic carbocycles. The average molecular weight is 264 g/mol. The van der Waals surface area contributed by atoms with E-state index in [4.69, 9.17) is 0 Å². The molecule has 1 N–H and O–H groups in total. The van der Waals surface area contributed by atoms with Crippen LogP contribution in [0.4, 0.5) is 0 Å². The second-order valence-electron chi connectivity index (χ2n) is 5.00. The Kier molecular flexibility index (Phi) is 5.39. The first-order valence-corrected chi connectivity index (χ1v) is 7.97. The lowest BCUT2D eigenvalue weighted by Crippen LogP contribution is -2.22. The molecule has 0 saturated heterocycles. The van der Waals surface area contributed by atoms with Crippen molar-refractivity contribution in [3.8, 4) is 0 Å². The Labute approximate surface area is 115 Å². The number of rotatable bonds is 4. The van der Waals surface area contributed by atoms with E-state index < -0.39 is 0 Å². The van der Waals surface area contributed by atoms with Gasteiger partial charge in [0.2, 0.25) is 0 Å². The highest BCUT2D eigenvalue weighted by atomic mass is 32.1. The van der Waals surface area contributed by atoms with Crippen LogP contribution in [-0.2, 0) is 0 Å². The number of thiazole rings is 1. The van der Waals surface area contributed by atoms with Crippen LogP contribution in [0.25, 0.3) is 0 Å². The molecule has 1 unspecified atom stereocenters. The predicted octanol–water partition coefficient (Wildman–Crippen LogP) is 4.38. The van der Waals surface area contributed by atoms with Crippen molar-refractivity contribution in [2.24, 2.45) is 0 Å². The van der Waals surface area contributed by atoms with E-state index in [0.717, 1.165) is 6.54 Å². The van der Waals surface area contributed by atoms with Gasteiger partial charge in [0.05, 0.1) is 11.0 Å². The summed E-state index contributed by atoms with van der Waals surface area (Å²) in [6.07, 6.45) is 12.5. The third kappa shape index (κ3) is 3.66. The van der Waals surface area contributed by atoms with Crippen molar-refractivity contribution in [3.05, 3.63) is 27.7 Å². The SMILES string of the molecule is CCNC(C1=CCCCCCC1)c1cnc(C)s1. The fourth-order valence-corrected chi connectivity index (χ4v) is 3.51. The molecule has 1 heterocycles. The van der Waals surface area contributed by atoms with Crippen LogP contribution < -0.4 is 5.32 Å². The van der Waals surface area contributed by atoms with E-state index in [0.29, 0.717) is 6.04 Å². The first kappa shape index (κ1) is 13.8. The van der Waals surface area contributed by atoms with Gasteiger partial charge < -0.3 is 5.32 Å². The van der Waals surface area contributed by atoms with Crippen molar-refractivity contribution in [1.29, 1.82) is 0 Å². The fraction of sp³-hybridized carbons (Fsp3) is 0.667. The van der Waals surface area contributed by atoms with Crippen molar-refractivity contribution in [2.45, 2.75) is 58.4 Å². The summed E-state index contributed by atoms with van der Waals surface area (Å²) in [7, 11) is 0. The normalized spacial score (nSPS) is 18.9. The summed E-state index contributed by atoms with van der Waals surface area (Å²) in [4.78, 5) is 5.78. The summed E-state index contributed by atoms with van der Waals surface area (Å²) in [6, 6.07) is 0.402. The molecule has 1 atom stereocenters. The van der Waals surface area contributed by atoms with Crippen molar-refractivity contribution in [2.75, 3.05) is 6.54 Å². The maximum atomic E-state index is 4.41. The second-order valence-corrected chi connectivity index (χ2v) is 6.27. The second kappa shape index (κ2) is 7.05. The number of nitrogens with zero attached hydrogens (tertiary/aromatic N) is 1. The molecule has 0 bridgehead atoms. The molecule has 0 saturated carbocycles. The molecule has 18 heavy (non-hydrogen) atoms. The third-order valence-electron chi connectivity index (χ3n) is 3.53. The van der Waals surface area contributed by atoms with Gasteiger partial charge >= 0.3 is 0 Å². The minimum Gasteiger partial charge on any atom is -0.306 e. The van der Waals surface area contributed by atoms with Crippen LogP contribution in [0, 0.1) is 6.92 Å². The minimum atomic E-state index is 0.402. The van der Waals surface area contributed by atoms with E-state index >= 15 is 0 Å². The van der Waals surface area contributed by atoms with E-state index in [2.05, 4.69) is 30.2 Å². The van der Waals surface area contributed by atoms with E-state index in [-0.39, 0.29) is 0 Å². The van der Waals surface area contributed by atoms with Gasteiger partial charge in [-0.2, -0.15) is 0 Å². The molecule has 1 aromatic heterocycles. The molecule has 0 fully saturated rings. The minimum absolute atomic E-state index is 0.402. The van der Waals surface area contributed by atoms with Gasteiger partial charge in [0, 0.05) is 11.1 Å². The predicted molar refractivity (Wildman–Crippen MR) is 79.1 cm³/mol. The lowest BCUT2D eigenvalue weighted by Gasteiger charge is -2.21. The Hall–Kier alpha value is -0.670. The molecule has 3 heteroatoms. The number of likely N-dealkylation sites (N-methyl/N-ethyl adjacent to an activating group) is 1. The standard InChI is InChI=1S/C15H24N2S/c1-3-16-15(14-11-17-12(2)18-14)13-9-7-5-4-6-8-10-13/h9,11,15-16H,3-8,10H2,1-2H3. The lowest BCUT2D eigenvalue weighted by molar-refractivity contribution is 0.558. The Morgan fingerprint density at radius 1 is 1.33 bits per heavy atom. The molecule has 1 aliphatic rings. The summed E-state index contributed by atoms with van der Waals surface area (Å²) in [5, 5.41) is 4.80. The molecule has 2 rings (SSSR count). The molecule has 0 spiro atoms. The van der Waals surface area contributed by atoms with Crippen molar-refractivity contribution >= 4 is 11.3 Å². The van der Waals surface area contributed by atoms with Crippen molar-refractivity contribution < 1.29 is 0 Å². The zero-order valence-corrected chi connectivity index (χ0v) is 12.4. The number of aryl methyl sites for hydroxylation is 1. The van der Waals surface area contributed by atoms with Crippen molar-refractivity contribution in [3.63, 3.8) is 0 Å². The lowest BCUT2D eigenvalue weighted by atomic mass is 9.94. The highest BCUT2D eigenvalue weighted by Gasteiger charge is 2.18. The van der Waals surface area contributed by atoms with Gasteiger partial charge in [0.15, 0.2) is 0 Å². The van der Waals surface area contributed by atoms with E-state index in [1.165, 1.54) is 48.4 Å². The Balaban J connectivity index is 2.17. The zero-order chi connectivity index (χ0) is 12.8. The maximum Gasteiger partial charge on any atom is 0.0897 e. The van der Waals surface area contributed by atoms with Gasteiger partial charge in [-0.15, -0.1) is 11.3 Å². The van der Waals surface area contributed by atoms with Crippen LogP contribution in [0.2, 0.25) is 0 Å². The number of aromatic nitrogens is 1. The van der Waals surface area contributed by atoms with Gasteiger partial charge in [-0.3, -0.25) is 0 Å². The molecule has 1 aliphatic carbocycles. The van der Waals surface area contributed by atoms with Crippen molar-refractivity contribution in [1.82, 2.24) is 10.3 Å². The number of hydrogen-bond donors (Lipinski definition) is 1. The van der Waals surface area contributed by atoms with Gasteiger partial charge in [-0.25, -0.2) is 4.98 Å². The summed E-state index contributed by atoms with van der Waals surface area (Å²) < 4.78 is 0. The van der Waals surface area contributed by atoms with Crippen LogP contribution >= 0.6 is 11.3 Å². The molecule has 0 radical (unpaired) electrons. The highest BCUT2D eigenvalue weighted by Crippen LogP contribution is 2.31. The summed E-state index contributed by atoms with van der Waals surface area (Å²) in [5.74, 6) is 0. The first-order chi connectivity index (χ1) is 8.81. The van der Waals surface area contributed by atoms with Crippen LogP contribution in [0.3, 0.4) is 0 Å². The Morgan fingerprint density at radius 3 is 2.89 bits per heavy atom. The van der Waals surface area contributed by atoms with E-state index in [9.17, 15) is 0 Å². The summed E-state index contributed by atoms with van der Waals surface area (Å²) >= 11 is 1.83. The van der Waals surface area contributed by atoms with Gasteiger partial charge in [0.1, 0.15) is 0 Å². The Bertz CT molecular complexity index is 395. The highest BCUT2D eigenvalue weighted by molar-refractivity contribution is 7.11. The molecule has 0 amide bonds. The van der Waals surface area contributed by atoms with Crippen LogP contribution in [0.5, 0.6) is 0 Å². The smallest absolute Gasteiger partial charge is 0.0897 e. The summed E-state index contributed by atoms with van der Waals surface area (Å²) in [6.45, 7) is 5.28. The average Bonchev–Trinajstić information content (AvgIpc) is 2.73. The van der Waals surface area contributed by atoms with E-state index in [1.807, 2.05) is 17.5 Å². The van der Waals surface area contributed by atoms with Crippen LogP contribution in [0.1, 0.15) is 61.4 Å². The van der Waals surface area contributed by atoms with Crippen LogP contribution in [-0.4, -0.2) is 11.5 Å². The topological polar surface area (TPSA) is 24.9 Å². The third-order valence-corrected chi connectivity index (χ3v) is 4.51. The monoisotopic (exact) mass is 264 g/mol. The molecule has 1 aromatic rings. The fourth-order valence-electron chi connectivity index (χ4n) is 2.61. The molecule has 100 valence electrons. The number of allylic oxidation sites excluding steroid dienone is 1. The molecule has 2 nitrogen and oxygen atoms in total. The van der Waals surface area contributed by atoms with E-state index in [1.54, 1.807) is 5.57 Å². The molecular formula is C15H24N2S. The van der Waals surface area contributed by atoms with Crippen LogP contribution in [0.15, 0.2) is 17.8 Å². The zero-order valence-electron chi connectivity index (χ0n) is 11.5. The maximum absolute atomic E-state index is 4.41. The first-order valence-electron chi connectivity index (χ1n) is 7.16. The van der Waals surface area contributed by atoms with Gasteiger partial charge in [0.25, 0.3) is 0 Å². The largest absolute Gasteiger partial charge is 0.306 e.